The fourth-order valence-corrected chi connectivity index (χ4v) is 3.94. The van der Waals surface area contributed by atoms with Crippen LogP contribution in [0.2, 0.25) is 0 Å². The standard InChI is InChI=1S/C19H23F3N2O3/c1-12(25)24-17(2,3)10-15(11-18(24,4)5)23-27-16(26)13-7-6-8-14(9-13)19(20,21)22/h6-9H,10-11H2,1-5H3. The number of carbonyl (C=O) groups excluding carboxylic acids is 2. The quantitative estimate of drug-likeness (QED) is 0.560. The molecule has 2 rings (SSSR count). The molecule has 0 radical (unpaired) electrons. The average Bonchev–Trinajstić information content (AvgIpc) is 2.49. The van der Waals surface area contributed by atoms with Gasteiger partial charge in [0, 0.05) is 30.8 Å². The Morgan fingerprint density at radius 1 is 1.11 bits per heavy atom. The molecular weight excluding hydrogens is 361 g/mol. The van der Waals surface area contributed by atoms with Crippen LogP contribution in [0, 0.1) is 0 Å². The van der Waals surface area contributed by atoms with Gasteiger partial charge < -0.3 is 9.74 Å². The molecule has 1 aromatic carbocycles. The van der Waals surface area contributed by atoms with Crippen molar-refractivity contribution < 1.29 is 27.6 Å². The van der Waals surface area contributed by atoms with Gasteiger partial charge in [-0.05, 0) is 45.9 Å². The molecule has 0 aromatic heterocycles. The van der Waals surface area contributed by atoms with Gasteiger partial charge in [-0.25, -0.2) is 4.79 Å². The van der Waals surface area contributed by atoms with Crippen LogP contribution in [0.25, 0.3) is 0 Å². The Balaban J connectivity index is 2.19. The number of hydrogen-bond acceptors (Lipinski definition) is 4. The number of hydrogen-bond donors (Lipinski definition) is 0. The zero-order chi connectivity index (χ0) is 20.6. The Bertz CT molecular complexity index is 763. The molecule has 148 valence electrons. The van der Waals surface area contributed by atoms with Crippen molar-refractivity contribution in [3.63, 3.8) is 0 Å². The van der Waals surface area contributed by atoms with Crippen molar-refractivity contribution in [1.29, 1.82) is 0 Å². The highest BCUT2D eigenvalue weighted by Gasteiger charge is 2.45. The Morgan fingerprint density at radius 2 is 1.67 bits per heavy atom. The zero-order valence-corrected chi connectivity index (χ0v) is 16.0. The first-order valence-corrected chi connectivity index (χ1v) is 8.49. The largest absolute Gasteiger partial charge is 0.416 e. The topological polar surface area (TPSA) is 59.0 Å². The number of piperidine rings is 1. The van der Waals surface area contributed by atoms with Crippen LogP contribution >= 0.6 is 0 Å². The van der Waals surface area contributed by atoms with Gasteiger partial charge in [0.05, 0.1) is 16.8 Å². The van der Waals surface area contributed by atoms with Crippen LogP contribution in [0.5, 0.6) is 0 Å². The van der Waals surface area contributed by atoms with E-state index in [1.807, 2.05) is 27.7 Å². The SMILES string of the molecule is CC(=O)N1C(C)(C)CC(=NOC(=O)c2cccc(C(F)(F)F)c2)CC1(C)C. The number of rotatable bonds is 2. The maximum atomic E-state index is 12.8. The second-order valence-corrected chi connectivity index (χ2v) is 7.95. The highest BCUT2D eigenvalue weighted by Crippen LogP contribution is 2.37. The van der Waals surface area contributed by atoms with E-state index in [0.29, 0.717) is 18.6 Å². The first-order chi connectivity index (χ1) is 12.2. The average molecular weight is 384 g/mol. The summed E-state index contributed by atoms with van der Waals surface area (Å²) < 4.78 is 38.3. The molecular formula is C19H23F3N2O3. The molecule has 8 heteroatoms. The van der Waals surface area contributed by atoms with Crippen molar-refractivity contribution in [2.45, 2.75) is 64.7 Å². The van der Waals surface area contributed by atoms with Gasteiger partial charge in [-0.1, -0.05) is 11.2 Å². The van der Waals surface area contributed by atoms with Gasteiger partial charge in [0.15, 0.2) is 0 Å². The smallest absolute Gasteiger partial charge is 0.332 e. The van der Waals surface area contributed by atoms with Gasteiger partial charge >= 0.3 is 12.1 Å². The minimum absolute atomic E-state index is 0.0648. The number of oxime groups is 1. The lowest BCUT2D eigenvalue weighted by molar-refractivity contribution is -0.142. The van der Waals surface area contributed by atoms with Crippen LogP contribution < -0.4 is 0 Å². The lowest BCUT2D eigenvalue weighted by atomic mass is 9.78. The number of nitrogens with zero attached hydrogens (tertiary/aromatic N) is 2. The lowest BCUT2D eigenvalue weighted by Crippen LogP contribution is -2.62. The van der Waals surface area contributed by atoms with Crippen LogP contribution in [-0.2, 0) is 15.8 Å². The summed E-state index contributed by atoms with van der Waals surface area (Å²) >= 11 is 0. The van der Waals surface area contributed by atoms with E-state index >= 15 is 0 Å². The summed E-state index contributed by atoms with van der Waals surface area (Å²) in [6, 6.07) is 3.99. The first-order valence-electron chi connectivity index (χ1n) is 8.49. The predicted molar refractivity (Wildman–Crippen MR) is 94.2 cm³/mol. The molecule has 0 N–H and O–H groups in total. The van der Waals surface area contributed by atoms with Gasteiger partial charge in [0.25, 0.3) is 0 Å². The Labute approximate surface area is 156 Å². The van der Waals surface area contributed by atoms with E-state index in [2.05, 4.69) is 5.16 Å². The normalized spacial score (nSPS) is 18.8. The highest BCUT2D eigenvalue weighted by atomic mass is 19.4. The van der Waals surface area contributed by atoms with Gasteiger partial charge in [-0.3, -0.25) is 4.79 Å². The van der Waals surface area contributed by atoms with Gasteiger partial charge in [0.1, 0.15) is 0 Å². The molecule has 0 saturated carbocycles. The van der Waals surface area contributed by atoms with Crippen LogP contribution in [0.3, 0.4) is 0 Å². The monoisotopic (exact) mass is 384 g/mol. The molecule has 0 aliphatic carbocycles. The van der Waals surface area contributed by atoms with Crippen LogP contribution in [0.1, 0.15) is 63.4 Å². The van der Waals surface area contributed by atoms with Crippen LogP contribution in [0.15, 0.2) is 29.4 Å². The number of halogens is 3. The fourth-order valence-electron chi connectivity index (χ4n) is 3.94. The van der Waals surface area contributed by atoms with E-state index in [1.54, 1.807) is 4.90 Å². The number of likely N-dealkylation sites (tertiary alicyclic amines) is 1. The van der Waals surface area contributed by atoms with Gasteiger partial charge in [-0.2, -0.15) is 13.2 Å². The molecule has 1 aliphatic heterocycles. The summed E-state index contributed by atoms with van der Waals surface area (Å²) in [7, 11) is 0. The predicted octanol–water partition coefficient (Wildman–Crippen LogP) is 4.42. The fraction of sp³-hybridized carbons (Fsp3) is 0.526. The third kappa shape index (κ3) is 4.67. The molecule has 0 unspecified atom stereocenters. The summed E-state index contributed by atoms with van der Waals surface area (Å²) in [5.41, 5.74) is -1.65. The molecule has 1 aromatic rings. The van der Waals surface area contributed by atoms with Crippen molar-refractivity contribution in [1.82, 2.24) is 4.90 Å². The summed E-state index contributed by atoms with van der Waals surface area (Å²) in [4.78, 5) is 30.8. The van der Waals surface area contributed by atoms with E-state index in [1.165, 1.54) is 13.0 Å². The summed E-state index contributed by atoms with van der Waals surface area (Å²) in [5.74, 6) is -1.02. The molecule has 1 heterocycles. The van der Waals surface area contributed by atoms with Gasteiger partial charge in [-0.15, -0.1) is 0 Å². The van der Waals surface area contributed by atoms with E-state index < -0.39 is 28.8 Å². The maximum Gasteiger partial charge on any atom is 0.416 e. The molecule has 1 saturated heterocycles. The Hall–Kier alpha value is -2.38. The van der Waals surface area contributed by atoms with E-state index in [-0.39, 0.29) is 11.5 Å². The lowest BCUT2D eigenvalue weighted by Gasteiger charge is -2.52. The van der Waals surface area contributed by atoms with E-state index in [0.717, 1.165) is 18.2 Å². The molecule has 1 fully saturated rings. The van der Waals surface area contributed by atoms with Crippen molar-refractivity contribution in [3.05, 3.63) is 35.4 Å². The third-order valence-electron chi connectivity index (χ3n) is 4.48. The third-order valence-corrected chi connectivity index (χ3v) is 4.48. The highest BCUT2D eigenvalue weighted by molar-refractivity contribution is 5.92. The summed E-state index contributed by atoms with van der Waals surface area (Å²) in [6.07, 6.45) is -3.76. The molecule has 27 heavy (non-hydrogen) atoms. The Morgan fingerprint density at radius 3 is 2.15 bits per heavy atom. The molecule has 0 bridgehead atoms. The second kappa shape index (κ2) is 6.98. The van der Waals surface area contributed by atoms with Crippen LogP contribution in [0.4, 0.5) is 13.2 Å². The number of benzene rings is 1. The molecule has 1 aliphatic rings. The minimum atomic E-state index is -4.55. The first kappa shape index (κ1) is 20.9. The summed E-state index contributed by atoms with van der Waals surface area (Å²) in [5, 5.41) is 3.88. The van der Waals surface area contributed by atoms with Crippen molar-refractivity contribution in [2.75, 3.05) is 0 Å². The van der Waals surface area contributed by atoms with E-state index in [9.17, 15) is 22.8 Å². The van der Waals surface area contributed by atoms with Crippen molar-refractivity contribution in [2.24, 2.45) is 5.16 Å². The summed E-state index contributed by atoms with van der Waals surface area (Å²) in [6.45, 7) is 9.05. The molecule has 1 amide bonds. The molecule has 0 atom stereocenters. The van der Waals surface area contributed by atoms with Crippen molar-refractivity contribution >= 4 is 17.6 Å². The molecule has 0 spiro atoms. The van der Waals surface area contributed by atoms with Crippen LogP contribution in [-0.4, -0.2) is 33.6 Å². The van der Waals surface area contributed by atoms with E-state index in [4.69, 9.17) is 4.84 Å². The number of amides is 1. The number of alkyl halides is 3. The Kier molecular flexibility index (Phi) is 5.41. The zero-order valence-electron chi connectivity index (χ0n) is 16.0. The minimum Gasteiger partial charge on any atom is -0.332 e. The maximum absolute atomic E-state index is 12.8. The van der Waals surface area contributed by atoms with Gasteiger partial charge in [0.2, 0.25) is 5.91 Å². The van der Waals surface area contributed by atoms with Crippen molar-refractivity contribution in [3.8, 4) is 0 Å². The second-order valence-electron chi connectivity index (χ2n) is 7.95. The molecule has 5 nitrogen and oxygen atoms in total. The number of carbonyl (C=O) groups is 2.